The molecule has 0 aromatic carbocycles. The Morgan fingerprint density at radius 1 is 1.53 bits per heavy atom. The van der Waals surface area contributed by atoms with Crippen molar-refractivity contribution in [2.24, 2.45) is 0 Å². The van der Waals surface area contributed by atoms with Crippen LogP contribution in [0.15, 0.2) is 0 Å². The molecule has 1 aliphatic heterocycles. The van der Waals surface area contributed by atoms with Gasteiger partial charge in [-0.05, 0) is 20.8 Å². The Morgan fingerprint density at radius 3 is 2.93 bits per heavy atom. The highest BCUT2D eigenvalue weighted by molar-refractivity contribution is 7.11. The van der Waals surface area contributed by atoms with E-state index in [4.69, 9.17) is 0 Å². The van der Waals surface area contributed by atoms with Gasteiger partial charge < -0.3 is 5.32 Å². The van der Waals surface area contributed by atoms with Gasteiger partial charge in [0.05, 0.1) is 12.2 Å². The molecule has 15 heavy (non-hydrogen) atoms. The van der Waals surface area contributed by atoms with Gasteiger partial charge in [0.1, 0.15) is 5.01 Å². The molecule has 0 saturated carbocycles. The van der Waals surface area contributed by atoms with Gasteiger partial charge in [-0.3, -0.25) is 4.90 Å². The third kappa shape index (κ3) is 2.77. The summed E-state index contributed by atoms with van der Waals surface area (Å²) >= 11 is 1.84. The quantitative estimate of drug-likeness (QED) is 0.828. The summed E-state index contributed by atoms with van der Waals surface area (Å²) in [4.78, 5) is 8.43. The van der Waals surface area contributed by atoms with Crippen LogP contribution in [0.1, 0.15) is 22.5 Å². The molecule has 0 bridgehead atoms. The number of piperazine rings is 1. The summed E-state index contributed by atoms with van der Waals surface area (Å²) < 4.78 is 0. The van der Waals surface area contributed by atoms with Crippen molar-refractivity contribution in [1.29, 1.82) is 0 Å². The Labute approximate surface area is 95.5 Å². The smallest absolute Gasteiger partial charge is 0.107 e. The van der Waals surface area contributed by atoms with E-state index >= 15 is 0 Å². The summed E-state index contributed by atoms with van der Waals surface area (Å²) in [7, 11) is 0. The average Bonchev–Trinajstić information content (AvgIpc) is 2.45. The molecule has 1 atom stereocenters. The minimum Gasteiger partial charge on any atom is -0.312 e. The number of hydrogen-bond donors (Lipinski definition) is 1. The summed E-state index contributed by atoms with van der Waals surface area (Å²) in [5.41, 5.74) is 1.19. The molecule has 0 spiro atoms. The van der Waals surface area contributed by atoms with Gasteiger partial charge in [0.15, 0.2) is 0 Å². The molecule has 0 radical (unpaired) electrons. The molecular weight excluding hydrogens is 206 g/mol. The first-order valence-corrected chi connectivity index (χ1v) is 6.35. The molecule has 0 aliphatic carbocycles. The van der Waals surface area contributed by atoms with E-state index in [2.05, 4.69) is 36.0 Å². The van der Waals surface area contributed by atoms with Crippen LogP contribution >= 0.6 is 11.3 Å². The van der Waals surface area contributed by atoms with Crippen LogP contribution in [0.3, 0.4) is 0 Å². The second kappa shape index (κ2) is 4.60. The third-order valence-corrected chi connectivity index (χ3v) is 3.94. The first kappa shape index (κ1) is 11.0. The topological polar surface area (TPSA) is 28.2 Å². The van der Waals surface area contributed by atoms with Crippen molar-refractivity contribution in [2.45, 2.75) is 33.4 Å². The summed E-state index contributed by atoms with van der Waals surface area (Å²) in [6, 6.07) is 0.612. The molecule has 1 aromatic rings. The highest BCUT2D eigenvalue weighted by atomic mass is 32.1. The van der Waals surface area contributed by atoms with Gasteiger partial charge in [0.25, 0.3) is 0 Å². The van der Waals surface area contributed by atoms with Gasteiger partial charge in [-0.2, -0.15) is 0 Å². The van der Waals surface area contributed by atoms with Crippen LogP contribution < -0.4 is 5.32 Å². The molecule has 1 aromatic heterocycles. The number of nitrogens with one attached hydrogen (secondary N) is 1. The minimum atomic E-state index is 0.612. The molecule has 1 N–H and O–H groups in total. The molecule has 3 nitrogen and oxygen atoms in total. The van der Waals surface area contributed by atoms with Crippen molar-refractivity contribution in [2.75, 3.05) is 19.6 Å². The Hall–Kier alpha value is -0.450. The summed E-state index contributed by atoms with van der Waals surface area (Å²) in [5.74, 6) is 0. The van der Waals surface area contributed by atoms with Crippen molar-refractivity contribution in [3.05, 3.63) is 15.6 Å². The van der Waals surface area contributed by atoms with Gasteiger partial charge in [-0.15, -0.1) is 11.3 Å². The van der Waals surface area contributed by atoms with Crippen LogP contribution in [0.4, 0.5) is 0 Å². The fraction of sp³-hybridized carbons (Fsp3) is 0.727. The zero-order chi connectivity index (χ0) is 10.8. The zero-order valence-corrected chi connectivity index (χ0v) is 10.5. The number of aromatic nitrogens is 1. The Bertz CT molecular complexity index is 315. The van der Waals surface area contributed by atoms with Crippen molar-refractivity contribution in [3.63, 3.8) is 0 Å². The molecule has 0 amide bonds. The Balaban J connectivity index is 1.96. The second-order valence-electron chi connectivity index (χ2n) is 4.34. The molecule has 2 rings (SSSR count). The number of rotatable bonds is 2. The minimum absolute atomic E-state index is 0.612. The first-order valence-electron chi connectivity index (χ1n) is 5.54. The van der Waals surface area contributed by atoms with Crippen molar-refractivity contribution in [1.82, 2.24) is 15.2 Å². The average molecular weight is 225 g/mol. The summed E-state index contributed by atoms with van der Waals surface area (Å²) in [6.45, 7) is 10.9. The maximum Gasteiger partial charge on any atom is 0.107 e. The number of thiazole rings is 1. The van der Waals surface area contributed by atoms with E-state index in [0.29, 0.717) is 6.04 Å². The summed E-state index contributed by atoms with van der Waals surface area (Å²) in [5, 5.41) is 4.72. The van der Waals surface area contributed by atoms with Crippen LogP contribution in [0.2, 0.25) is 0 Å². The van der Waals surface area contributed by atoms with E-state index in [-0.39, 0.29) is 0 Å². The lowest BCUT2D eigenvalue weighted by atomic mass is 10.2. The van der Waals surface area contributed by atoms with Crippen LogP contribution in [-0.2, 0) is 6.54 Å². The standard InChI is InChI=1S/C11H19N3S/c1-8-6-14(5-4-12-8)7-11-13-9(2)10(3)15-11/h8,12H,4-7H2,1-3H3/t8-/m0/s1. The lowest BCUT2D eigenvalue weighted by Crippen LogP contribution is -2.48. The van der Waals surface area contributed by atoms with Crippen LogP contribution in [0, 0.1) is 13.8 Å². The van der Waals surface area contributed by atoms with Gasteiger partial charge in [-0.1, -0.05) is 0 Å². The third-order valence-electron chi connectivity index (χ3n) is 2.88. The van der Waals surface area contributed by atoms with Crippen LogP contribution in [0.25, 0.3) is 0 Å². The highest BCUT2D eigenvalue weighted by Crippen LogP contribution is 2.18. The predicted octanol–water partition coefficient (Wildman–Crippen LogP) is 1.55. The van der Waals surface area contributed by atoms with Crippen molar-refractivity contribution in [3.8, 4) is 0 Å². The van der Waals surface area contributed by atoms with E-state index in [0.717, 1.165) is 26.2 Å². The monoisotopic (exact) mass is 225 g/mol. The molecule has 1 aliphatic rings. The van der Waals surface area contributed by atoms with Gasteiger partial charge >= 0.3 is 0 Å². The van der Waals surface area contributed by atoms with Gasteiger partial charge in [0, 0.05) is 30.6 Å². The predicted molar refractivity (Wildman–Crippen MR) is 64.3 cm³/mol. The van der Waals surface area contributed by atoms with E-state index in [1.165, 1.54) is 15.6 Å². The van der Waals surface area contributed by atoms with Crippen molar-refractivity contribution >= 4 is 11.3 Å². The van der Waals surface area contributed by atoms with Gasteiger partial charge in [-0.25, -0.2) is 4.98 Å². The molecular formula is C11H19N3S. The highest BCUT2D eigenvalue weighted by Gasteiger charge is 2.16. The van der Waals surface area contributed by atoms with E-state index in [1.807, 2.05) is 11.3 Å². The largest absolute Gasteiger partial charge is 0.312 e. The lowest BCUT2D eigenvalue weighted by Gasteiger charge is -2.31. The van der Waals surface area contributed by atoms with E-state index < -0.39 is 0 Å². The van der Waals surface area contributed by atoms with E-state index in [1.54, 1.807) is 0 Å². The first-order chi connectivity index (χ1) is 7.15. The number of aryl methyl sites for hydroxylation is 2. The molecule has 0 unspecified atom stereocenters. The normalized spacial score (nSPS) is 23.3. The SMILES string of the molecule is Cc1nc(CN2CCN[C@@H](C)C2)sc1C. The molecule has 84 valence electrons. The zero-order valence-electron chi connectivity index (χ0n) is 9.71. The summed E-state index contributed by atoms with van der Waals surface area (Å²) in [6.07, 6.45) is 0. The molecule has 2 heterocycles. The number of hydrogen-bond acceptors (Lipinski definition) is 4. The lowest BCUT2D eigenvalue weighted by molar-refractivity contribution is 0.199. The van der Waals surface area contributed by atoms with Gasteiger partial charge in [0.2, 0.25) is 0 Å². The van der Waals surface area contributed by atoms with Crippen LogP contribution in [0.5, 0.6) is 0 Å². The number of nitrogens with zero attached hydrogens (tertiary/aromatic N) is 2. The fourth-order valence-electron chi connectivity index (χ4n) is 1.95. The second-order valence-corrected chi connectivity index (χ2v) is 5.63. The Kier molecular flexibility index (Phi) is 3.38. The van der Waals surface area contributed by atoms with Crippen LogP contribution in [-0.4, -0.2) is 35.6 Å². The van der Waals surface area contributed by atoms with Crippen molar-refractivity contribution < 1.29 is 0 Å². The molecule has 4 heteroatoms. The molecule has 1 fully saturated rings. The molecule has 1 saturated heterocycles. The van der Waals surface area contributed by atoms with E-state index in [9.17, 15) is 0 Å². The maximum absolute atomic E-state index is 4.59. The maximum atomic E-state index is 4.59. The fourth-order valence-corrected chi connectivity index (χ4v) is 2.93. The Morgan fingerprint density at radius 2 is 2.33 bits per heavy atom.